The first kappa shape index (κ1) is 27.7. The summed E-state index contributed by atoms with van der Waals surface area (Å²) in [6.45, 7) is 4.78. The fourth-order valence-corrected chi connectivity index (χ4v) is 4.66. The van der Waals surface area contributed by atoms with Crippen LogP contribution >= 0.6 is 0 Å². The lowest BCUT2D eigenvalue weighted by molar-refractivity contribution is -0.385. The molecule has 0 saturated heterocycles. The standard InChI is InChI=1S/C28H32N4O7/c1-4-37-24-15-19(14-23(32(35)36)26(24)38-17-25(33)39-18(2)3)16-29-31-27(20-10-6-5-7-11-20)30-22-13-9-8-12-21(22)28(31)34/h8-9,12-16,18,20H,4-7,10-11,17H2,1-3H3. The van der Waals surface area contributed by atoms with Gasteiger partial charge in [0.25, 0.3) is 5.56 Å². The zero-order valence-electron chi connectivity index (χ0n) is 22.3. The van der Waals surface area contributed by atoms with Crippen LogP contribution in [0.4, 0.5) is 5.69 Å². The molecule has 1 aromatic heterocycles. The number of nitro groups is 1. The van der Waals surface area contributed by atoms with Gasteiger partial charge >= 0.3 is 11.7 Å². The fourth-order valence-electron chi connectivity index (χ4n) is 4.66. The maximum Gasteiger partial charge on any atom is 0.344 e. The Kier molecular flexibility index (Phi) is 8.90. The first-order chi connectivity index (χ1) is 18.8. The molecule has 11 nitrogen and oxygen atoms in total. The monoisotopic (exact) mass is 536 g/mol. The molecule has 0 spiro atoms. The van der Waals surface area contributed by atoms with Crippen molar-refractivity contribution in [1.82, 2.24) is 9.66 Å². The molecule has 1 saturated carbocycles. The number of aromatic nitrogens is 2. The highest BCUT2D eigenvalue weighted by molar-refractivity contribution is 5.84. The van der Waals surface area contributed by atoms with E-state index < -0.39 is 23.2 Å². The predicted molar refractivity (Wildman–Crippen MR) is 146 cm³/mol. The summed E-state index contributed by atoms with van der Waals surface area (Å²) in [5.41, 5.74) is 0.218. The summed E-state index contributed by atoms with van der Waals surface area (Å²) in [5, 5.41) is 16.8. The minimum absolute atomic E-state index is 0.0713. The Morgan fingerprint density at radius 3 is 2.64 bits per heavy atom. The van der Waals surface area contributed by atoms with Crippen LogP contribution in [0.5, 0.6) is 11.5 Å². The van der Waals surface area contributed by atoms with Gasteiger partial charge in [0.1, 0.15) is 5.82 Å². The van der Waals surface area contributed by atoms with E-state index in [1.807, 2.05) is 12.1 Å². The molecule has 39 heavy (non-hydrogen) atoms. The average Bonchev–Trinajstić information content (AvgIpc) is 2.91. The molecule has 0 N–H and O–H groups in total. The van der Waals surface area contributed by atoms with Gasteiger partial charge < -0.3 is 14.2 Å². The molecule has 2 aromatic carbocycles. The number of hydrogen-bond donors (Lipinski definition) is 0. The summed E-state index contributed by atoms with van der Waals surface area (Å²) >= 11 is 0. The lowest BCUT2D eigenvalue weighted by Crippen LogP contribution is -2.25. The summed E-state index contributed by atoms with van der Waals surface area (Å²) in [5.74, 6) is -0.111. The van der Waals surface area contributed by atoms with Crippen molar-refractivity contribution < 1.29 is 23.9 Å². The fraction of sp³-hybridized carbons (Fsp3) is 0.429. The molecule has 11 heteroatoms. The van der Waals surface area contributed by atoms with Gasteiger partial charge in [0.15, 0.2) is 12.4 Å². The molecular weight excluding hydrogens is 504 g/mol. The lowest BCUT2D eigenvalue weighted by atomic mass is 9.88. The van der Waals surface area contributed by atoms with E-state index >= 15 is 0 Å². The molecule has 4 rings (SSSR count). The molecule has 206 valence electrons. The molecular formula is C28H32N4O7. The van der Waals surface area contributed by atoms with Crippen LogP contribution in [0, 0.1) is 10.1 Å². The third kappa shape index (κ3) is 6.60. The SMILES string of the molecule is CCOc1cc(C=Nn2c(C3CCCCC3)nc3ccccc3c2=O)cc([N+](=O)[O-])c1OCC(=O)OC(C)C. The molecule has 0 bridgehead atoms. The van der Waals surface area contributed by atoms with E-state index in [0.717, 1.165) is 32.1 Å². The van der Waals surface area contributed by atoms with E-state index in [1.165, 1.54) is 23.0 Å². The van der Waals surface area contributed by atoms with Gasteiger partial charge in [-0.15, -0.1) is 0 Å². The molecule has 1 aliphatic rings. The van der Waals surface area contributed by atoms with Crippen LogP contribution in [-0.2, 0) is 9.53 Å². The lowest BCUT2D eigenvalue weighted by Gasteiger charge is -2.22. The van der Waals surface area contributed by atoms with Gasteiger partial charge in [-0.1, -0.05) is 31.4 Å². The second-order valence-corrected chi connectivity index (χ2v) is 9.57. The topological polar surface area (TPSA) is 135 Å². The molecule has 0 aliphatic heterocycles. The van der Waals surface area contributed by atoms with Crippen molar-refractivity contribution >= 4 is 28.8 Å². The average molecular weight is 537 g/mol. The number of rotatable bonds is 10. The number of benzene rings is 2. The van der Waals surface area contributed by atoms with Gasteiger partial charge in [0.2, 0.25) is 5.75 Å². The maximum absolute atomic E-state index is 13.4. The van der Waals surface area contributed by atoms with Crippen LogP contribution in [-0.4, -0.2) is 46.1 Å². The van der Waals surface area contributed by atoms with Crippen LogP contribution in [0.3, 0.4) is 0 Å². The van der Waals surface area contributed by atoms with Crippen LogP contribution in [0.2, 0.25) is 0 Å². The second kappa shape index (κ2) is 12.5. The van der Waals surface area contributed by atoms with Crippen molar-refractivity contribution in [2.24, 2.45) is 5.10 Å². The Bertz CT molecular complexity index is 1440. The van der Waals surface area contributed by atoms with Gasteiger partial charge in [-0.05, 0) is 51.8 Å². The van der Waals surface area contributed by atoms with Crippen molar-refractivity contribution in [1.29, 1.82) is 0 Å². The molecule has 1 fully saturated rings. The Morgan fingerprint density at radius 1 is 1.21 bits per heavy atom. The van der Waals surface area contributed by atoms with E-state index in [2.05, 4.69) is 5.10 Å². The minimum atomic E-state index is -0.661. The van der Waals surface area contributed by atoms with Gasteiger partial charge in [-0.2, -0.15) is 9.78 Å². The molecule has 0 atom stereocenters. The quantitative estimate of drug-likeness (QED) is 0.153. The molecule has 3 aromatic rings. The first-order valence-electron chi connectivity index (χ1n) is 13.1. The summed E-state index contributed by atoms with van der Waals surface area (Å²) in [6.07, 6.45) is 6.08. The summed E-state index contributed by atoms with van der Waals surface area (Å²) < 4.78 is 17.4. The number of carbonyl (C=O) groups is 1. The number of nitro benzene ring substituents is 1. The highest BCUT2D eigenvalue weighted by Gasteiger charge is 2.25. The maximum atomic E-state index is 13.4. The summed E-state index contributed by atoms with van der Waals surface area (Å²) in [6, 6.07) is 9.90. The first-order valence-corrected chi connectivity index (χ1v) is 13.1. The molecule has 0 unspecified atom stereocenters. The van der Waals surface area contributed by atoms with Crippen molar-refractivity contribution in [3.8, 4) is 11.5 Å². The number of hydrogen-bond acceptors (Lipinski definition) is 9. The Balaban J connectivity index is 1.75. The zero-order valence-corrected chi connectivity index (χ0v) is 22.3. The third-order valence-corrected chi connectivity index (χ3v) is 6.33. The van der Waals surface area contributed by atoms with Crippen LogP contribution in [0.25, 0.3) is 10.9 Å². The highest BCUT2D eigenvalue weighted by atomic mass is 16.6. The summed E-state index contributed by atoms with van der Waals surface area (Å²) in [4.78, 5) is 41.5. The smallest absolute Gasteiger partial charge is 0.344 e. The van der Waals surface area contributed by atoms with Gasteiger partial charge in [0.05, 0.1) is 34.8 Å². The number of fused-ring (bicyclic) bond motifs is 1. The van der Waals surface area contributed by atoms with E-state index in [0.29, 0.717) is 22.3 Å². The number of para-hydroxylation sites is 1. The number of ether oxygens (including phenoxy) is 3. The van der Waals surface area contributed by atoms with E-state index in [4.69, 9.17) is 19.2 Å². The molecule has 1 heterocycles. The Hall–Kier alpha value is -4.28. The second-order valence-electron chi connectivity index (χ2n) is 9.57. The van der Waals surface area contributed by atoms with E-state index in [9.17, 15) is 19.7 Å². The number of carbonyl (C=O) groups excluding carboxylic acids is 1. The van der Waals surface area contributed by atoms with Crippen molar-refractivity contribution in [2.75, 3.05) is 13.2 Å². The van der Waals surface area contributed by atoms with Crippen LogP contribution in [0.1, 0.15) is 70.2 Å². The number of nitrogens with zero attached hydrogens (tertiary/aromatic N) is 4. The van der Waals surface area contributed by atoms with Gasteiger partial charge in [-0.3, -0.25) is 14.9 Å². The van der Waals surface area contributed by atoms with Crippen LogP contribution in [0.15, 0.2) is 46.3 Å². The third-order valence-electron chi connectivity index (χ3n) is 6.33. The normalized spacial score (nSPS) is 14.2. The molecule has 0 radical (unpaired) electrons. The molecule has 1 aliphatic carbocycles. The van der Waals surface area contributed by atoms with Crippen molar-refractivity contribution in [3.63, 3.8) is 0 Å². The predicted octanol–water partition coefficient (Wildman–Crippen LogP) is 4.96. The van der Waals surface area contributed by atoms with Crippen molar-refractivity contribution in [2.45, 2.75) is 64.9 Å². The van der Waals surface area contributed by atoms with E-state index in [-0.39, 0.29) is 35.7 Å². The van der Waals surface area contributed by atoms with Gasteiger partial charge in [0, 0.05) is 17.5 Å². The van der Waals surface area contributed by atoms with Crippen molar-refractivity contribution in [3.05, 3.63) is 68.3 Å². The minimum Gasteiger partial charge on any atom is -0.490 e. The zero-order chi connectivity index (χ0) is 27.9. The Morgan fingerprint density at radius 2 is 1.95 bits per heavy atom. The molecule has 0 amide bonds. The summed E-state index contributed by atoms with van der Waals surface area (Å²) in [7, 11) is 0. The Labute approximate surface area is 225 Å². The van der Waals surface area contributed by atoms with Crippen LogP contribution < -0.4 is 15.0 Å². The van der Waals surface area contributed by atoms with Gasteiger partial charge in [-0.25, -0.2) is 9.78 Å². The highest BCUT2D eigenvalue weighted by Crippen LogP contribution is 2.38. The number of esters is 1. The largest absolute Gasteiger partial charge is 0.490 e. The van der Waals surface area contributed by atoms with E-state index in [1.54, 1.807) is 32.9 Å².